The number of anilines is 1. The Balaban J connectivity index is 1.71. The Bertz CT molecular complexity index is 700. The molecule has 0 saturated heterocycles. The maximum atomic E-state index is 13.3. The van der Waals surface area contributed by atoms with Gasteiger partial charge in [0.25, 0.3) is 0 Å². The van der Waals surface area contributed by atoms with Crippen LogP contribution in [-0.4, -0.2) is 53.1 Å². The predicted molar refractivity (Wildman–Crippen MR) is 93.4 cm³/mol. The summed E-state index contributed by atoms with van der Waals surface area (Å²) in [5.74, 6) is -5.79. The predicted octanol–water partition coefficient (Wildman–Crippen LogP) is 3.64. The summed E-state index contributed by atoms with van der Waals surface area (Å²) < 4.78 is 54.1. The molecule has 3 rings (SSSR count). The molecule has 2 aliphatic rings. The summed E-state index contributed by atoms with van der Waals surface area (Å²) >= 11 is 0. The topological polar surface area (TPSA) is 50.2 Å². The number of hydrogen-bond donors (Lipinski definition) is 1. The number of halogens is 4. The molecule has 2 fully saturated rings. The number of carbonyl (C=O) groups excluding carboxylic acids is 1. The molecule has 0 atom stereocenters. The third-order valence-electron chi connectivity index (χ3n) is 5.37. The highest BCUT2D eigenvalue weighted by atomic mass is 19.3. The molecule has 0 unspecified atom stereocenters. The van der Waals surface area contributed by atoms with Crippen molar-refractivity contribution in [1.82, 2.24) is 14.7 Å². The van der Waals surface area contributed by atoms with Crippen LogP contribution < -0.4 is 5.32 Å². The third-order valence-corrected chi connectivity index (χ3v) is 5.37. The summed E-state index contributed by atoms with van der Waals surface area (Å²) in [6.45, 7) is 2.92. The van der Waals surface area contributed by atoms with E-state index in [1.807, 2.05) is 19.0 Å². The molecular weight excluding hydrogens is 364 g/mol. The van der Waals surface area contributed by atoms with Crippen LogP contribution in [0.3, 0.4) is 0 Å². The van der Waals surface area contributed by atoms with Gasteiger partial charge in [-0.2, -0.15) is 5.10 Å². The smallest absolute Gasteiger partial charge is 0.249 e. The van der Waals surface area contributed by atoms with Gasteiger partial charge in [0.05, 0.1) is 12.2 Å². The highest BCUT2D eigenvalue weighted by Crippen LogP contribution is 2.49. The van der Waals surface area contributed by atoms with Crippen LogP contribution in [0.2, 0.25) is 0 Å². The lowest BCUT2D eigenvalue weighted by Crippen LogP contribution is -2.37. The van der Waals surface area contributed by atoms with E-state index >= 15 is 0 Å². The van der Waals surface area contributed by atoms with Crippen molar-refractivity contribution >= 4 is 11.7 Å². The summed E-state index contributed by atoms with van der Waals surface area (Å²) in [5, 5.41) is 7.26. The number of likely N-dealkylation sites (N-methyl/N-ethyl adjacent to an activating group) is 1. The Kier molecular flexibility index (Phi) is 5.26. The Morgan fingerprint density at radius 2 is 1.78 bits per heavy atom. The quantitative estimate of drug-likeness (QED) is 0.724. The monoisotopic (exact) mass is 390 g/mol. The van der Waals surface area contributed by atoms with Gasteiger partial charge in [0.1, 0.15) is 5.82 Å². The second-order valence-electron chi connectivity index (χ2n) is 8.23. The number of aromatic nitrogens is 2. The molecule has 152 valence electrons. The van der Waals surface area contributed by atoms with E-state index in [1.165, 1.54) is 0 Å². The first kappa shape index (κ1) is 20.1. The zero-order valence-electron chi connectivity index (χ0n) is 15.9. The van der Waals surface area contributed by atoms with Gasteiger partial charge in [0, 0.05) is 50.1 Å². The van der Waals surface area contributed by atoms with Crippen molar-refractivity contribution in [2.24, 2.45) is 5.92 Å². The largest absolute Gasteiger partial charge is 0.311 e. The second-order valence-corrected chi connectivity index (χ2v) is 8.23. The van der Waals surface area contributed by atoms with Crippen LogP contribution >= 0.6 is 0 Å². The van der Waals surface area contributed by atoms with Crippen LogP contribution in [0.4, 0.5) is 23.4 Å². The van der Waals surface area contributed by atoms with Crippen LogP contribution in [0.5, 0.6) is 0 Å². The average molecular weight is 390 g/mol. The van der Waals surface area contributed by atoms with E-state index < -0.39 is 11.8 Å². The van der Waals surface area contributed by atoms with Gasteiger partial charge in [-0.15, -0.1) is 0 Å². The Hall–Kier alpha value is -1.64. The van der Waals surface area contributed by atoms with Crippen molar-refractivity contribution in [3.8, 4) is 0 Å². The first-order chi connectivity index (χ1) is 12.5. The van der Waals surface area contributed by atoms with Crippen molar-refractivity contribution in [2.45, 2.75) is 63.3 Å². The minimum atomic E-state index is -2.66. The van der Waals surface area contributed by atoms with Crippen LogP contribution in [0.25, 0.3) is 0 Å². The third kappa shape index (κ3) is 4.62. The van der Waals surface area contributed by atoms with E-state index in [1.54, 1.807) is 11.6 Å². The lowest BCUT2D eigenvalue weighted by molar-refractivity contribution is -0.129. The number of carbonyl (C=O) groups is 1. The van der Waals surface area contributed by atoms with Crippen molar-refractivity contribution in [1.29, 1.82) is 0 Å². The molecule has 0 aliphatic heterocycles. The van der Waals surface area contributed by atoms with Gasteiger partial charge >= 0.3 is 0 Å². The van der Waals surface area contributed by atoms with Crippen molar-refractivity contribution < 1.29 is 22.4 Å². The number of hydrogen-bond acceptors (Lipinski definition) is 3. The lowest BCUT2D eigenvalue weighted by atomic mass is 9.78. The number of alkyl halides is 4. The minimum Gasteiger partial charge on any atom is -0.311 e. The highest BCUT2D eigenvalue weighted by Gasteiger charge is 2.48. The maximum absolute atomic E-state index is 13.3. The fourth-order valence-corrected chi connectivity index (χ4v) is 3.80. The SMILES string of the molecule is Cc1c(C2CC(F)(F)C2)nn(CCN(C)C)c1NC(=O)CC1CC(F)(F)C1. The van der Waals surface area contributed by atoms with E-state index in [4.69, 9.17) is 0 Å². The number of nitrogens with one attached hydrogen (secondary N) is 1. The number of nitrogens with zero attached hydrogens (tertiary/aromatic N) is 3. The van der Waals surface area contributed by atoms with Gasteiger partial charge in [-0.3, -0.25) is 4.79 Å². The van der Waals surface area contributed by atoms with Crippen LogP contribution in [0.15, 0.2) is 0 Å². The molecule has 0 spiro atoms. The van der Waals surface area contributed by atoms with Crippen LogP contribution in [0, 0.1) is 12.8 Å². The van der Waals surface area contributed by atoms with Crippen molar-refractivity contribution in [3.63, 3.8) is 0 Å². The normalized spacial score (nSPS) is 21.8. The van der Waals surface area contributed by atoms with E-state index in [-0.39, 0.29) is 49.8 Å². The second kappa shape index (κ2) is 7.07. The molecule has 1 N–H and O–H groups in total. The fourth-order valence-electron chi connectivity index (χ4n) is 3.80. The van der Waals surface area contributed by atoms with E-state index in [0.29, 0.717) is 30.2 Å². The van der Waals surface area contributed by atoms with Gasteiger partial charge in [0.2, 0.25) is 17.8 Å². The average Bonchev–Trinajstić information content (AvgIpc) is 2.77. The zero-order chi connectivity index (χ0) is 20.0. The van der Waals surface area contributed by atoms with Crippen LogP contribution in [-0.2, 0) is 11.3 Å². The molecule has 2 aliphatic carbocycles. The maximum Gasteiger partial charge on any atom is 0.249 e. The Labute approximate surface area is 156 Å². The molecule has 0 bridgehead atoms. The van der Waals surface area contributed by atoms with Gasteiger partial charge in [0.15, 0.2) is 0 Å². The van der Waals surface area contributed by atoms with Gasteiger partial charge < -0.3 is 10.2 Å². The lowest BCUT2D eigenvalue weighted by Gasteiger charge is -2.34. The minimum absolute atomic E-state index is 0.0325. The molecule has 1 amide bonds. The molecule has 0 radical (unpaired) electrons. The molecule has 5 nitrogen and oxygen atoms in total. The molecule has 2 saturated carbocycles. The molecule has 0 aromatic carbocycles. The van der Waals surface area contributed by atoms with Gasteiger partial charge in [-0.25, -0.2) is 22.2 Å². The summed E-state index contributed by atoms with van der Waals surface area (Å²) in [6, 6.07) is 0. The Morgan fingerprint density at radius 1 is 1.19 bits per heavy atom. The summed E-state index contributed by atoms with van der Waals surface area (Å²) in [6.07, 6.45) is -0.958. The highest BCUT2D eigenvalue weighted by molar-refractivity contribution is 5.91. The summed E-state index contributed by atoms with van der Waals surface area (Å²) in [7, 11) is 3.80. The van der Waals surface area contributed by atoms with E-state index in [0.717, 1.165) is 0 Å². The molecule has 1 heterocycles. The standard InChI is InChI=1S/C18H26F4N4O/c1-11-15(13-9-18(21,22)10-13)24-26(5-4-25(2)3)16(11)23-14(27)6-12-7-17(19,20)8-12/h12-13H,4-10H2,1-3H3,(H,23,27). The summed E-state index contributed by atoms with van der Waals surface area (Å²) in [5.41, 5.74) is 1.27. The Morgan fingerprint density at radius 3 is 2.30 bits per heavy atom. The molecule has 1 aromatic rings. The van der Waals surface area contributed by atoms with Gasteiger partial charge in [-0.05, 0) is 26.9 Å². The molecule has 1 aromatic heterocycles. The molecule has 27 heavy (non-hydrogen) atoms. The zero-order valence-corrected chi connectivity index (χ0v) is 15.9. The van der Waals surface area contributed by atoms with E-state index in [9.17, 15) is 22.4 Å². The van der Waals surface area contributed by atoms with Crippen LogP contribution in [0.1, 0.15) is 49.3 Å². The van der Waals surface area contributed by atoms with Gasteiger partial charge in [-0.1, -0.05) is 0 Å². The van der Waals surface area contributed by atoms with Crippen molar-refractivity contribution in [3.05, 3.63) is 11.3 Å². The number of rotatable bonds is 7. The molecular formula is C18H26F4N4O. The first-order valence-corrected chi connectivity index (χ1v) is 9.23. The fraction of sp³-hybridized carbons (Fsp3) is 0.778. The first-order valence-electron chi connectivity index (χ1n) is 9.23. The van der Waals surface area contributed by atoms with Crippen molar-refractivity contribution in [2.75, 3.05) is 26.0 Å². The molecule has 9 heteroatoms. The van der Waals surface area contributed by atoms with E-state index in [2.05, 4.69) is 10.4 Å². The summed E-state index contributed by atoms with van der Waals surface area (Å²) in [4.78, 5) is 14.3. The number of amides is 1.